The van der Waals surface area contributed by atoms with Gasteiger partial charge in [-0.3, -0.25) is 0 Å². The highest BCUT2D eigenvalue weighted by molar-refractivity contribution is 7.96. The van der Waals surface area contributed by atoms with Crippen LogP contribution < -0.4 is 10.1 Å². The number of rotatable bonds is 9. The molecule has 0 amide bonds. The monoisotopic (exact) mass is 407 g/mol. The van der Waals surface area contributed by atoms with Gasteiger partial charge in [0.2, 0.25) is 0 Å². The number of hydrogen-bond acceptors (Lipinski definition) is 8. The lowest BCUT2D eigenvalue weighted by Crippen LogP contribution is -2.46. The van der Waals surface area contributed by atoms with Crippen LogP contribution in [-0.2, 0) is 29.1 Å². The molecule has 2 atom stereocenters. The van der Waals surface area contributed by atoms with Gasteiger partial charge >= 0.3 is 0 Å². The summed E-state index contributed by atoms with van der Waals surface area (Å²) < 4.78 is 65.5. The van der Waals surface area contributed by atoms with Gasteiger partial charge in [-0.25, -0.2) is 16.8 Å². The Morgan fingerprint density at radius 3 is 2.31 bits per heavy atom. The fraction of sp³-hybridized carbons (Fsp3) is 0.625. The molecule has 148 valence electrons. The van der Waals surface area contributed by atoms with Crippen molar-refractivity contribution in [3.8, 4) is 5.75 Å². The van der Waals surface area contributed by atoms with Crippen molar-refractivity contribution in [1.29, 1.82) is 0 Å². The van der Waals surface area contributed by atoms with Gasteiger partial charge in [-0.15, -0.1) is 0 Å². The van der Waals surface area contributed by atoms with Crippen LogP contribution in [0.5, 0.6) is 5.75 Å². The molecule has 26 heavy (non-hydrogen) atoms. The Morgan fingerprint density at radius 1 is 1.15 bits per heavy atom. The summed E-state index contributed by atoms with van der Waals surface area (Å²) in [5, 5.41) is 1.89. The third-order valence-corrected chi connectivity index (χ3v) is 8.40. The maximum Gasteiger partial charge on any atom is 0.183 e. The quantitative estimate of drug-likeness (QED) is 0.580. The molecule has 1 aromatic carbocycles. The molecule has 1 fully saturated rings. The molecule has 1 aliphatic rings. The van der Waals surface area contributed by atoms with Gasteiger partial charge in [0.15, 0.2) is 26.0 Å². The van der Waals surface area contributed by atoms with Crippen LogP contribution in [0.3, 0.4) is 0 Å². The summed E-state index contributed by atoms with van der Waals surface area (Å²) >= 11 is 0. The smallest absolute Gasteiger partial charge is 0.183 e. The minimum atomic E-state index is -3.83. The minimum Gasteiger partial charge on any atom is -0.494 e. The van der Waals surface area contributed by atoms with Crippen LogP contribution >= 0.6 is 0 Å². The van der Waals surface area contributed by atoms with Crippen LogP contribution in [0.1, 0.15) is 6.92 Å². The maximum atomic E-state index is 13.0. The van der Waals surface area contributed by atoms with Gasteiger partial charge in [0.25, 0.3) is 0 Å². The van der Waals surface area contributed by atoms with Gasteiger partial charge in [0.05, 0.1) is 28.3 Å². The zero-order chi connectivity index (χ0) is 19.4. The molecule has 8 nitrogen and oxygen atoms in total. The lowest BCUT2D eigenvalue weighted by Gasteiger charge is -2.22. The van der Waals surface area contributed by atoms with Crippen molar-refractivity contribution in [2.75, 3.05) is 38.9 Å². The van der Waals surface area contributed by atoms with Crippen LogP contribution in [0.15, 0.2) is 29.2 Å². The highest BCUT2D eigenvalue weighted by Gasteiger charge is 2.45. The van der Waals surface area contributed by atoms with E-state index in [2.05, 4.69) is 5.32 Å². The van der Waals surface area contributed by atoms with Crippen molar-refractivity contribution >= 4 is 19.7 Å². The van der Waals surface area contributed by atoms with Crippen molar-refractivity contribution in [2.45, 2.75) is 29.4 Å². The van der Waals surface area contributed by atoms with Gasteiger partial charge in [-0.2, -0.15) is 0 Å². The summed E-state index contributed by atoms with van der Waals surface area (Å²) in [7, 11) is -4.39. The van der Waals surface area contributed by atoms with Gasteiger partial charge in [-0.1, -0.05) is 0 Å². The molecule has 0 radical (unpaired) electrons. The third kappa shape index (κ3) is 4.95. The number of ether oxygens (including phenoxy) is 3. The van der Waals surface area contributed by atoms with Crippen LogP contribution in [0.4, 0.5) is 0 Å². The molecule has 0 aromatic heterocycles. The summed E-state index contributed by atoms with van der Waals surface area (Å²) in [6, 6.07) is 5.28. The number of methoxy groups -OCH3 is 2. The first-order valence-corrected chi connectivity index (χ1v) is 11.6. The predicted molar refractivity (Wildman–Crippen MR) is 96.8 cm³/mol. The molecule has 0 aliphatic carbocycles. The molecule has 10 heteroatoms. The first kappa shape index (κ1) is 21.1. The molecule has 1 saturated heterocycles. The van der Waals surface area contributed by atoms with E-state index in [1.54, 1.807) is 12.1 Å². The van der Waals surface area contributed by atoms with Crippen LogP contribution in [0.25, 0.3) is 0 Å². The normalized spacial score (nSPS) is 22.6. The first-order valence-electron chi connectivity index (χ1n) is 8.19. The number of sulfone groups is 2. The van der Waals surface area contributed by atoms with Crippen molar-refractivity contribution in [1.82, 2.24) is 5.32 Å². The molecule has 1 aliphatic heterocycles. The highest BCUT2D eigenvalue weighted by Crippen LogP contribution is 2.27. The Balaban J connectivity index is 2.23. The van der Waals surface area contributed by atoms with Crippen molar-refractivity contribution in [2.24, 2.45) is 0 Å². The van der Waals surface area contributed by atoms with Gasteiger partial charge in [0, 0.05) is 26.8 Å². The summed E-state index contributed by atoms with van der Waals surface area (Å²) in [5.41, 5.74) is 0. The average Bonchev–Trinajstić information content (AvgIpc) is 2.92. The summed E-state index contributed by atoms with van der Waals surface area (Å²) in [6.45, 7) is 2.49. The van der Waals surface area contributed by atoms with Crippen molar-refractivity contribution < 1.29 is 31.0 Å². The van der Waals surface area contributed by atoms with E-state index in [1.807, 2.05) is 6.92 Å². The molecular weight excluding hydrogens is 382 g/mol. The van der Waals surface area contributed by atoms with Gasteiger partial charge in [0.1, 0.15) is 5.75 Å². The molecule has 0 saturated carbocycles. The SMILES string of the molecule is CCOc1ccc(S(=O)(=O)[C@H]2CS(=O)(=O)C[C@@H]2NCC(OC)OC)cc1. The lowest BCUT2D eigenvalue weighted by atomic mass is 10.2. The fourth-order valence-corrected chi connectivity index (χ4v) is 7.61. The Hall–Kier alpha value is -1.20. The molecule has 0 bridgehead atoms. The van der Waals surface area contributed by atoms with Gasteiger partial charge in [-0.05, 0) is 31.2 Å². The molecule has 1 N–H and O–H groups in total. The number of benzene rings is 1. The summed E-state index contributed by atoms with van der Waals surface area (Å²) in [4.78, 5) is 0.0740. The highest BCUT2D eigenvalue weighted by atomic mass is 32.2. The van der Waals surface area contributed by atoms with E-state index in [4.69, 9.17) is 14.2 Å². The predicted octanol–water partition coefficient (Wildman–Crippen LogP) is 0.233. The van der Waals surface area contributed by atoms with E-state index < -0.39 is 43.0 Å². The Bertz CT molecular complexity index is 786. The van der Waals surface area contributed by atoms with Crippen LogP contribution in [0, 0.1) is 0 Å². The largest absolute Gasteiger partial charge is 0.494 e. The molecule has 0 spiro atoms. The first-order chi connectivity index (χ1) is 12.2. The molecule has 1 heterocycles. The van der Waals surface area contributed by atoms with Gasteiger partial charge < -0.3 is 19.5 Å². The van der Waals surface area contributed by atoms with Crippen molar-refractivity contribution in [3.63, 3.8) is 0 Å². The number of nitrogens with one attached hydrogen (secondary N) is 1. The van der Waals surface area contributed by atoms with E-state index >= 15 is 0 Å². The van der Waals surface area contributed by atoms with Crippen molar-refractivity contribution in [3.05, 3.63) is 24.3 Å². The second-order valence-corrected chi connectivity index (χ2v) is 10.3. The minimum absolute atomic E-state index is 0.0740. The molecule has 1 aromatic rings. The van der Waals surface area contributed by atoms with Crippen LogP contribution in [-0.4, -0.2) is 73.3 Å². The zero-order valence-corrected chi connectivity index (χ0v) is 16.7. The summed E-state index contributed by atoms with van der Waals surface area (Å²) in [6.07, 6.45) is -0.591. The fourth-order valence-electron chi connectivity index (χ4n) is 2.89. The van der Waals surface area contributed by atoms with E-state index in [-0.39, 0.29) is 17.2 Å². The molecule has 2 rings (SSSR count). The van der Waals surface area contributed by atoms with E-state index in [9.17, 15) is 16.8 Å². The third-order valence-electron chi connectivity index (χ3n) is 4.23. The summed E-state index contributed by atoms with van der Waals surface area (Å²) in [5.74, 6) is -0.0953. The lowest BCUT2D eigenvalue weighted by molar-refractivity contribution is -0.0995. The zero-order valence-electron chi connectivity index (χ0n) is 15.0. The Labute approximate surface area is 154 Å². The topological polar surface area (TPSA) is 108 Å². The van der Waals surface area contributed by atoms with E-state index in [1.165, 1.54) is 26.4 Å². The molecule has 0 unspecified atom stereocenters. The standard InChI is InChI=1S/C16H25NO7S2/c1-4-24-12-5-7-13(8-6-12)26(20,21)15-11-25(18,19)10-14(15)17-9-16(22-2)23-3/h5-8,14-17H,4,9-11H2,1-3H3/t14-,15-/m0/s1. The Morgan fingerprint density at radius 2 is 1.77 bits per heavy atom. The van der Waals surface area contributed by atoms with Crippen LogP contribution in [0.2, 0.25) is 0 Å². The van der Waals surface area contributed by atoms with E-state index in [0.717, 1.165) is 0 Å². The molecular formula is C16H25NO7S2. The van der Waals surface area contributed by atoms with E-state index in [0.29, 0.717) is 12.4 Å². The maximum absolute atomic E-state index is 13.0. The average molecular weight is 408 g/mol. The Kier molecular flexibility index (Phi) is 7.03. The second kappa shape index (κ2) is 8.66. The second-order valence-electron chi connectivity index (χ2n) is 5.98. The number of hydrogen-bond donors (Lipinski definition) is 1.